The topological polar surface area (TPSA) is 45.4 Å². The van der Waals surface area contributed by atoms with Gasteiger partial charge in [0.15, 0.2) is 0 Å². The molecular weight excluding hydrogens is 236 g/mol. The molecule has 104 valence electrons. The minimum absolute atomic E-state index is 0.520. The van der Waals surface area contributed by atoms with Crippen LogP contribution in [0.25, 0.3) is 0 Å². The van der Waals surface area contributed by atoms with Crippen molar-refractivity contribution < 1.29 is 0 Å². The Morgan fingerprint density at radius 2 is 2.21 bits per heavy atom. The number of piperidine rings is 1. The summed E-state index contributed by atoms with van der Waals surface area (Å²) in [5, 5.41) is 0. The van der Waals surface area contributed by atoms with Gasteiger partial charge >= 0.3 is 0 Å². The van der Waals surface area contributed by atoms with Gasteiger partial charge in [0.2, 0.25) is 0 Å². The maximum atomic E-state index is 5.61. The number of pyridine rings is 1. The molecule has 2 fully saturated rings. The molecular formula is C15H24N4. The van der Waals surface area contributed by atoms with E-state index in [2.05, 4.69) is 33.8 Å². The molecule has 1 aromatic heterocycles. The Morgan fingerprint density at radius 1 is 1.32 bits per heavy atom. The second-order valence-electron chi connectivity index (χ2n) is 5.86. The fourth-order valence-corrected chi connectivity index (χ4v) is 3.42. The van der Waals surface area contributed by atoms with E-state index >= 15 is 0 Å². The van der Waals surface area contributed by atoms with Gasteiger partial charge in [-0.15, -0.1) is 0 Å². The number of piperazine rings is 1. The molecule has 0 amide bonds. The van der Waals surface area contributed by atoms with E-state index in [1.807, 2.05) is 6.20 Å². The Kier molecular flexibility index (Phi) is 3.71. The molecule has 3 rings (SSSR count). The molecule has 0 bridgehead atoms. The number of aromatic nitrogens is 1. The maximum absolute atomic E-state index is 5.61. The minimum atomic E-state index is 0.520. The first-order valence-electron chi connectivity index (χ1n) is 7.43. The van der Waals surface area contributed by atoms with Crippen molar-refractivity contribution in [3.8, 4) is 0 Å². The lowest BCUT2D eigenvalue weighted by Crippen LogP contribution is -2.58. The molecule has 0 aromatic carbocycles. The van der Waals surface area contributed by atoms with Gasteiger partial charge in [-0.05, 0) is 38.4 Å². The summed E-state index contributed by atoms with van der Waals surface area (Å²) in [4.78, 5) is 9.62. The second kappa shape index (κ2) is 5.47. The molecule has 0 aliphatic carbocycles. The quantitative estimate of drug-likeness (QED) is 0.877. The van der Waals surface area contributed by atoms with Gasteiger partial charge in [0, 0.05) is 31.7 Å². The minimum Gasteiger partial charge on any atom is -0.365 e. The van der Waals surface area contributed by atoms with Crippen molar-refractivity contribution in [2.45, 2.75) is 44.8 Å². The van der Waals surface area contributed by atoms with E-state index in [4.69, 9.17) is 5.73 Å². The average Bonchev–Trinajstić information content (AvgIpc) is 2.47. The Labute approximate surface area is 115 Å². The third kappa shape index (κ3) is 2.60. The standard InChI is InChI=1S/C15H24N4/c1-12-10-18-7-3-2-4-15(18)11-19(12)14-6-5-13(8-16)17-9-14/h5-6,9,12,15H,2-4,7-8,10-11,16H2,1H3. The fraction of sp³-hybridized carbons (Fsp3) is 0.667. The molecule has 2 unspecified atom stereocenters. The summed E-state index contributed by atoms with van der Waals surface area (Å²) < 4.78 is 0. The van der Waals surface area contributed by atoms with E-state index in [9.17, 15) is 0 Å². The molecule has 4 nitrogen and oxygen atoms in total. The summed E-state index contributed by atoms with van der Waals surface area (Å²) in [7, 11) is 0. The van der Waals surface area contributed by atoms with E-state index in [1.165, 1.54) is 38.0 Å². The third-order valence-electron chi connectivity index (χ3n) is 4.54. The molecule has 0 spiro atoms. The summed E-state index contributed by atoms with van der Waals surface area (Å²) in [5.74, 6) is 0. The number of nitrogens with two attached hydrogens (primary N) is 1. The summed E-state index contributed by atoms with van der Waals surface area (Å²) in [6.45, 7) is 6.45. The van der Waals surface area contributed by atoms with Crippen molar-refractivity contribution in [3.63, 3.8) is 0 Å². The average molecular weight is 260 g/mol. The fourth-order valence-electron chi connectivity index (χ4n) is 3.42. The van der Waals surface area contributed by atoms with Crippen LogP contribution in [-0.4, -0.2) is 41.6 Å². The van der Waals surface area contributed by atoms with Gasteiger partial charge in [-0.1, -0.05) is 6.42 Å². The third-order valence-corrected chi connectivity index (χ3v) is 4.54. The molecule has 2 saturated heterocycles. The zero-order chi connectivity index (χ0) is 13.2. The summed E-state index contributed by atoms with van der Waals surface area (Å²) in [6.07, 6.45) is 6.08. The van der Waals surface area contributed by atoms with Gasteiger partial charge in [-0.25, -0.2) is 0 Å². The van der Waals surface area contributed by atoms with Gasteiger partial charge in [0.25, 0.3) is 0 Å². The number of hydrogen-bond donors (Lipinski definition) is 1. The molecule has 2 aliphatic heterocycles. The normalized spacial score (nSPS) is 28.2. The summed E-state index contributed by atoms with van der Waals surface area (Å²) in [5.41, 5.74) is 7.82. The highest BCUT2D eigenvalue weighted by molar-refractivity contribution is 5.46. The van der Waals surface area contributed by atoms with Gasteiger partial charge < -0.3 is 10.6 Å². The van der Waals surface area contributed by atoms with E-state index in [0.29, 0.717) is 12.6 Å². The number of nitrogens with zero attached hydrogens (tertiary/aromatic N) is 3. The predicted molar refractivity (Wildman–Crippen MR) is 78.1 cm³/mol. The van der Waals surface area contributed by atoms with Crippen molar-refractivity contribution >= 4 is 5.69 Å². The summed E-state index contributed by atoms with van der Waals surface area (Å²) in [6, 6.07) is 5.53. The maximum Gasteiger partial charge on any atom is 0.0556 e. The monoisotopic (exact) mass is 260 g/mol. The van der Waals surface area contributed by atoms with Crippen molar-refractivity contribution in [1.82, 2.24) is 9.88 Å². The van der Waals surface area contributed by atoms with E-state index in [0.717, 1.165) is 18.3 Å². The van der Waals surface area contributed by atoms with Gasteiger partial charge in [0.05, 0.1) is 17.6 Å². The molecule has 0 saturated carbocycles. The first-order valence-corrected chi connectivity index (χ1v) is 7.43. The lowest BCUT2D eigenvalue weighted by molar-refractivity contribution is 0.115. The van der Waals surface area contributed by atoms with Crippen molar-refractivity contribution in [2.24, 2.45) is 5.73 Å². The zero-order valence-electron chi connectivity index (χ0n) is 11.8. The summed E-state index contributed by atoms with van der Waals surface area (Å²) >= 11 is 0. The highest BCUT2D eigenvalue weighted by Gasteiger charge is 2.32. The number of rotatable bonds is 2. The Balaban J connectivity index is 1.75. The Bertz CT molecular complexity index is 417. The van der Waals surface area contributed by atoms with Crippen molar-refractivity contribution in [1.29, 1.82) is 0 Å². The number of anilines is 1. The van der Waals surface area contributed by atoms with Crippen LogP contribution in [0, 0.1) is 0 Å². The lowest BCUT2D eigenvalue weighted by atomic mass is 9.97. The smallest absolute Gasteiger partial charge is 0.0556 e. The van der Waals surface area contributed by atoms with Crippen LogP contribution in [0.4, 0.5) is 5.69 Å². The number of fused-ring (bicyclic) bond motifs is 1. The van der Waals surface area contributed by atoms with Crippen LogP contribution in [-0.2, 0) is 6.54 Å². The Hall–Kier alpha value is -1.13. The van der Waals surface area contributed by atoms with E-state index < -0.39 is 0 Å². The van der Waals surface area contributed by atoms with Crippen LogP contribution in [0.15, 0.2) is 18.3 Å². The first-order chi connectivity index (χ1) is 9.28. The highest BCUT2D eigenvalue weighted by atomic mass is 15.3. The first kappa shape index (κ1) is 12.9. The van der Waals surface area contributed by atoms with Crippen LogP contribution in [0.1, 0.15) is 31.9 Å². The molecule has 3 heterocycles. The predicted octanol–water partition coefficient (Wildman–Crippen LogP) is 1.60. The molecule has 1 aromatic rings. The molecule has 2 N–H and O–H groups in total. The van der Waals surface area contributed by atoms with Crippen molar-refractivity contribution in [2.75, 3.05) is 24.5 Å². The van der Waals surface area contributed by atoms with Crippen LogP contribution < -0.4 is 10.6 Å². The van der Waals surface area contributed by atoms with Crippen LogP contribution in [0.5, 0.6) is 0 Å². The molecule has 0 radical (unpaired) electrons. The van der Waals surface area contributed by atoms with E-state index in [1.54, 1.807) is 0 Å². The van der Waals surface area contributed by atoms with Crippen molar-refractivity contribution in [3.05, 3.63) is 24.0 Å². The van der Waals surface area contributed by atoms with Gasteiger partial charge in [0.1, 0.15) is 0 Å². The number of hydrogen-bond acceptors (Lipinski definition) is 4. The molecule has 2 aliphatic rings. The largest absolute Gasteiger partial charge is 0.365 e. The molecule has 4 heteroatoms. The molecule has 19 heavy (non-hydrogen) atoms. The second-order valence-corrected chi connectivity index (χ2v) is 5.86. The van der Waals surface area contributed by atoms with Crippen LogP contribution >= 0.6 is 0 Å². The Morgan fingerprint density at radius 3 is 2.95 bits per heavy atom. The van der Waals surface area contributed by atoms with Crippen LogP contribution in [0.3, 0.4) is 0 Å². The SMILES string of the molecule is CC1CN2CCCCC2CN1c1ccc(CN)nc1. The zero-order valence-corrected chi connectivity index (χ0v) is 11.8. The van der Waals surface area contributed by atoms with Gasteiger partial charge in [-0.2, -0.15) is 0 Å². The van der Waals surface area contributed by atoms with Gasteiger partial charge in [-0.3, -0.25) is 9.88 Å². The van der Waals surface area contributed by atoms with E-state index in [-0.39, 0.29) is 0 Å². The highest BCUT2D eigenvalue weighted by Crippen LogP contribution is 2.27. The lowest BCUT2D eigenvalue weighted by Gasteiger charge is -2.48. The van der Waals surface area contributed by atoms with Crippen LogP contribution in [0.2, 0.25) is 0 Å². The molecule has 2 atom stereocenters.